The molecule has 0 bridgehead atoms. The Bertz CT molecular complexity index is 166. The minimum atomic E-state index is -1.24. The van der Waals surface area contributed by atoms with Crippen LogP contribution in [0, 0.1) is 0 Å². The van der Waals surface area contributed by atoms with Crippen LogP contribution in [0.25, 0.3) is 0 Å². The zero-order valence-electron chi connectivity index (χ0n) is 6.37. The number of amides is 1. The Kier molecular flexibility index (Phi) is 3.53. The smallest absolute Gasteiger partial charge is 0.328 e. The molecular formula is C6H11NO4. The molecule has 1 amide bonds. The highest BCUT2D eigenvalue weighted by Gasteiger charge is 2.23. The molecule has 0 spiro atoms. The summed E-state index contributed by atoms with van der Waals surface area (Å²) in [5.74, 6) is -1.71. The molecular weight excluding hydrogens is 150 g/mol. The average molecular weight is 161 g/mol. The van der Waals surface area contributed by atoms with Gasteiger partial charge in [-0.1, -0.05) is 0 Å². The molecule has 0 rings (SSSR count). The van der Waals surface area contributed by atoms with Crippen LogP contribution in [0.3, 0.4) is 0 Å². The number of aliphatic hydroxyl groups excluding tert-OH is 1. The Morgan fingerprint density at radius 3 is 2.00 bits per heavy atom. The summed E-state index contributed by atoms with van der Waals surface area (Å²) in [6.07, 6.45) is -1.09. The predicted octanol–water partition coefficient (Wildman–Crippen LogP) is -1.04. The van der Waals surface area contributed by atoms with E-state index < -0.39 is 24.0 Å². The van der Waals surface area contributed by atoms with Gasteiger partial charge in [-0.3, -0.25) is 4.79 Å². The number of hydrogen-bond donors (Lipinski definition) is 3. The quantitative estimate of drug-likeness (QED) is 0.493. The van der Waals surface area contributed by atoms with Gasteiger partial charge in [0.2, 0.25) is 5.91 Å². The molecule has 0 aromatic heterocycles. The third-order valence-electron chi connectivity index (χ3n) is 1.11. The second-order valence-electron chi connectivity index (χ2n) is 2.26. The van der Waals surface area contributed by atoms with E-state index in [0.717, 1.165) is 0 Å². The van der Waals surface area contributed by atoms with Crippen molar-refractivity contribution in [2.75, 3.05) is 0 Å². The van der Waals surface area contributed by atoms with E-state index in [1.165, 1.54) is 13.8 Å². The standard InChI is InChI=1S/C6H11NO4/c1-3(8)5(6(10)11)7-4(2)9/h3,5,8H,1-2H3,(H,7,9)(H,10,11)/t3?,5-/m1/s1. The Morgan fingerprint density at radius 1 is 1.45 bits per heavy atom. The second-order valence-corrected chi connectivity index (χ2v) is 2.26. The van der Waals surface area contributed by atoms with Gasteiger partial charge in [0.05, 0.1) is 6.10 Å². The van der Waals surface area contributed by atoms with Crippen LogP contribution in [-0.2, 0) is 9.59 Å². The third-order valence-corrected chi connectivity index (χ3v) is 1.11. The van der Waals surface area contributed by atoms with Crippen LogP contribution < -0.4 is 5.32 Å². The molecule has 0 aromatic carbocycles. The second kappa shape index (κ2) is 3.92. The van der Waals surface area contributed by atoms with Gasteiger partial charge in [0.15, 0.2) is 6.04 Å². The molecule has 0 aliphatic heterocycles. The van der Waals surface area contributed by atoms with E-state index in [9.17, 15) is 9.59 Å². The lowest BCUT2D eigenvalue weighted by Crippen LogP contribution is -2.46. The maximum absolute atomic E-state index is 10.4. The number of hydrogen-bond acceptors (Lipinski definition) is 3. The first kappa shape index (κ1) is 9.90. The van der Waals surface area contributed by atoms with Gasteiger partial charge in [-0.15, -0.1) is 0 Å². The van der Waals surface area contributed by atoms with Crippen LogP contribution in [0.1, 0.15) is 13.8 Å². The minimum Gasteiger partial charge on any atom is -0.480 e. The van der Waals surface area contributed by atoms with Crippen molar-refractivity contribution in [1.29, 1.82) is 0 Å². The van der Waals surface area contributed by atoms with Gasteiger partial charge in [0.25, 0.3) is 0 Å². The molecule has 5 nitrogen and oxygen atoms in total. The Hall–Kier alpha value is -1.10. The molecule has 11 heavy (non-hydrogen) atoms. The molecule has 0 radical (unpaired) electrons. The summed E-state index contributed by atoms with van der Waals surface area (Å²) >= 11 is 0. The highest BCUT2D eigenvalue weighted by molar-refractivity contribution is 5.82. The minimum absolute atomic E-state index is 0.474. The van der Waals surface area contributed by atoms with E-state index >= 15 is 0 Å². The lowest BCUT2D eigenvalue weighted by molar-refractivity contribution is -0.144. The number of carboxylic acid groups (broad SMARTS) is 1. The number of rotatable bonds is 3. The van der Waals surface area contributed by atoms with Crippen molar-refractivity contribution in [2.24, 2.45) is 0 Å². The summed E-state index contributed by atoms with van der Waals surface area (Å²) in [5.41, 5.74) is 0. The maximum Gasteiger partial charge on any atom is 0.328 e. The van der Waals surface area contributed by atoms with Crippen LogP contribution >= 0.6 is 0 Å². The summed E-state index contributed by atoms with van der Waals surface area (Å²) in [5, 5.41) is 19.3. The van der Waals surface area contributed by atoms with Gasteiger partial charge in [-0.2, -0.15) is 0 Å². The summed E-state index contributed by atoms with van der Waals surface area (Å²) in [7, 11) is 0. The highest BCUT2D eigenvalue weighted by Crippen LogP contribution is 1.91. The number of aliphatic hydroxyl groups is 1. The predicted molar refractivity (Wildman–Crippen MR) is 36.9 cm³/mol. The number of carbonyl (C=O) groups is 2. The summed E-state index contributed by atoms with van der Waals surface area (Å²) in [6.45, 7) is 2.49. The number of aliphatic carboxylic acids is 1. The van der Waals surface area contributed by atoms with Crippen molar-refractivity contribution < 1.29 is 19.8 Å². The van der Waals surface area contributed by atoms with Gasteiger partial charge in [0.1, 0.15) is 0 Å². The fraction of sp³-hybridized carbons (Fsp3) is 0.667. The van der Waals surface area contributed by atoms with E-state index in [0.29, 0.717) is 0 Å². The van der Waals surface area contributed by atoms with E-state index in [2.05, 4.69) is 5.32 Å². The number of carbonyl (C=O) groups excluding carboxylic acids is 1. The van der Waals surface area contributed by atoms with Crippen molar-refractivity contribution >= 4 is 11.9 Å². The van der Waals surface area contributed by atoms with E-state index in [1.807, 2.05) is 0 Å². The average Bonchev–Trinajstić information content (AvgIpc) is 1.81. The summed E-state index contributed by atoms with van der Waals surface area (Å²) in [4.78, 5) is 20.7. The first-order chi connectivity index (χ1) is 4.95. The van der Waals surface area contributed by atoms with Gasteiger partial charge < -0.3 is 15.5 Å². The van der Waals surface area contributed by atoms with Crippen molar-refractivity contribution in [2.45, 2.75) is 26.0 Å². The molecule has 1 unspecified atom stereocenters. The van der Waals surface area contributed by atoms with E-state index in [-0.39, 0.29) is 0 Å². The molecule has 0 heterocycles. The van der Waals surface area contributed by atoms with Gasteiger partial charge in [-0.25, -0.2) is 4.79 Å². The molecule has 0 saturated heterocycles. The first-order valence-electron chi connectivity index (χ1n) is 3.13. The zero-order chi connectivity index (χ0) is 9.02. The summed E-state index contributed by atoms with van der Waals surface area (Å²) < 4.78 is 0. The normalized spacial score (nSPS) is 15.2. The summed E-state index contributed by atoms with van der Waals surface area (Å²) in [6, 6.07) is -1.22. The number of nitrogens with one attached hydrogen (secondary N) is 1. The largest absolute Gasteiger partial charge is 0.480 e. The lowest BCUT2D eigenvalue weighted by atomic mass is 10.2. The first-order valence-corrected chi connectivity index (χ1v) is 3.13. The van der Waals surface area contributed by atoms with E-state index in [1.54, 1.807) is 0 Å². The van der Waals surface area contributed by atoms with Crippen LogP contribution in [-0.4, -0.2) is 34.2 Å². The molecule has 0 aliphatic carbocycles. The van der Waals surface area contributed by atoms with Crippen LogP contribution in [0.2, 0.25) is 0 Å². The van der Waals surface area contributed by atoms with Crippen LogP contribution in [0.4, 0.5) is 0 Å². The topological polar surface area (TPSA) is 86.6 Å². The molecule has 64 valence electrons. The molecule has 0 aliphatic rings. The fourth-order valence-electron chi connectivity index (χ4n) is 0.608. The highest BCUT2D eigenvalue weighted by atomic mass is 16.4. The van der Waals surface area contributed by atoms with Crippen molar-refractivity contribution in [1.82, 2.24) is 5.32 Å². The van der Waals surface area contributed by atoms with Gasteiger partial charge in [0, 0.05) is 6.92 Å². The Balaban J connectivity index is 4.12. The zero-order valence-corrected chi connectivity index (χ0v) is 6.37. The molecule has 5 heteroatoms. The monoisotopic (exact) mass is 161 g/mol. The molecule has 0 fully saturated rings. The van der Waals surface area contributed by atoms with Crippen molar-refractivity contribution in [3.8, 4) is 0 Å². The van der Waals surface area contributed by atoms with Crippen molar-refractivity contribution in [3.63, 3.8) is 0 Å². The molecule has 2 atom stereocenters. The van der Waals surface area contributed by atoms with Crippen molar-refractivity contribution in [3.05, 3.63) is 0 Å². The van der Waals surface area contributed by atoms with E-state index in [4.69, 9.17) is 10.2 Å². The lowest BCUT2D eigenvalue weighted by Gasteiger charge is -2.15. The Labute approximate surface area is 64.0 Å². The van der Waals surface area contributed by atoms with Gasteiger partial charge in [-0.05, 0) is 6.92 Å². The van der Waals surface area contributed by atoms with Crippen LogP contribution in [0.5, 0.6) is 0 Å². The molecule has 3 N–H and O–H groups in total. The Morgan fingerprint density at radius 2 is 1.91 bits per heavy atom. The fourth-order valence-corrected chi connectivity index (χ4v) is 0.608. The molecule has 0 aromatic rings. The third kappa shape index (κ3) is 3.57. The molecule has 0 saturated carbocycles. The number of carboxylic acids is 1. The van der Waals surface area contributed by atoms with Crippen LogP contribution in [0.15, 0.2) is 0 Å². The maximum atomic E-state index is 10.4. The SMILES string of the molecule is CC(=O)N[C@@H](C(=O)O)C(C)O. The van der Waals surface area contributed by atoms with Gasteiger partial charge >= 0.3 is 5.97 Å².